The molecule has 1 saturated carbocycles. The highest BCUT2D eigenvalue weighted by molar-refractivity contribution is 7.93. The summed E-state index contributed by atoms with van der Waals surface area (Å²) in [6.45, 7) is 0.727. The summed E-state index contributed by atoms with van der Waals surface area (Å²) in [5.74, 6) is -0.134. The Kier molecular flexibility index (Phi) is 5.49. The molecule has 2 heterocycles. The lowest BCUT2D eigenvalue weighted by Gasteiger charge is -2.32. The van der Waals surface area contributed by atoms with Gasteiger partial charge in [0.25, 0.3) is 5.95 Å². The number of benzene rings is 1. The molecule has 0 atom stereocenters. The van der Waals surface area contributed by atoms with Gasteiger partial charge in [-0.15, -0.1) is 10.2 Å². The van der Waals surface area contributed by atoms with Crippen molar-refractivity contribution in [2.75, 3.05) is 16.2 Å². The van der Waals surface area contributed by atoms with Crippen molar-refractivity contribution in [1.82, 2.24) is 9.55 Å². The molecule has 1 aliphatic carbocycles. The van der Waals surface area contributed by atoms with E-state index in [0.29, 0.717) is 12.1 Å². The predicted molar refractivity (Wildman–Crippen MR) is 111 cm³/mol. The van der Waals surface area contributed by atoms with Crippen molar-refractivity contribution < 1.29 is 21.6 Å². The van der Waals surface area contributed by atoms with Crippen molar-refractivity contribution >= 4 is 33.0 Å². The lowest BCUT2D eigenvalue weighted by atomic mass is 10.00. The fourth-order valence-corrected chi connectivity index (χ4v) is 4.23. The molecule has 0 radical (unpaired) electrons. The van der Waals surface area contributed by atoms with E-state index in [1.165, 1.54) is 23.7 Å². The van der Waals surface area contributed by atoms with Crippen molar-refractivity contribution in [2.45, 2.75) is 37.2 Å². The van der Waals surface area contributed by atoms with E-state index in [4.69, 9.17) is 10.5 Å². The van der Waals surface area contributed by atoms with E-state index in [1.807, 2.05) is 6.07 Å². The maximum atomic E-state index is 13.0. The number of nitrogens with one attached hydrogen (secondary N) is 1. The molecule has 172 valence electrons. The summed E-state index contributed by atoms with van der Waals surface area (Å²) in [5, 5.41) is 26.0. The second-order valence-electron chi connectivity index (χ2n) is 7.67. The number of halogens is 3. The Hall–Kier alpha value is -3.65. The Labute approximate surface area is 187 Å². The summed E-state index contributed by atoms with van der Waals surface area (Å²) < 4.78 is 65.5. The molecule has 1 aliphatic heterocycles. The summed E-state index contributed by atoms with van der Waals surface area (Å²) in [6, 6.07) is 6.69. The third kappa shape index (κ3) is 4.21. The van der Waals surface area contributed by atoms with Crippen LogP contribution in [0.25, 0.3) is 0 Å². The molecule has 0 saturated heterocycles. The van der Waals surface area contributed by atoms with Crippen LogP contribution in [0.4, 0.5) is 36.2 Å². The van der Waals surface area contributed by atoms with E-state index in [2.05, 4.69) is 20.1 Å². The lowest BCUT2D eigenvalue weighted by Crippen LogP contribution is -2.32. The van der Waals surface area contributed by atoms with E-state index >= 15 is 0 Å². The van der Waals surface area contributed by atoms with Gasteiger partial charge in [-0.2, -0.15) is 37.1 Å². The number of anilines is 2. The number of alkyl halides is 3. The molecule has 4 rings (SSSR count). The molecule has 0 unspecified atom stereocenters. The third-order valence-electron chi connectivity index (χ3n) is 5.42. The fourth-order valence-electron chi connectivity index (χ4n) is 3.66. The van der Waals surface area contributed by atoms with Gasteiger partial charge in [-0.05, 0) is 43.4 Å². The highest BCUT2D eigenvalue weighted by atomic mass is 32.2. The number of azo groups is 1. The van der Waals surface area contributed by atoms with Gasteiger partial charge in [0.2, 0.25) is 0 Å². The van der Waals surface area contributed by atoms with Gasteiger partial charge in [0.1, 0.15) is 17.8 Å². The number of fused-ring (bicyclic) bond motifs is 1. The van der Waals surface area contributed by atoms with Crippen molar-refractivity contribution in [2.24, 2.45) is 17.3 Å². The van der Waals surface area contributed by atoms with Crippen molar-refractivity contribution in [1.29, 1.82) is 10.5 Å². The number of nitrogens with zero attached hydrogens (tertiary/aromatic N) is 7. The SMILES string of the molecule is Cn1c(N=Nc2cc3c(cc2NS(=O)(=O)C(F)(F)F)N(C2CC2)CCC3)nc(C#N)c1C#N. The van der Waals surface area contributed by atoms with Gasteiger partial charge in [-0.3, -0.25) is 4.72 Å². The smallest absolute Gasteiger partial charge is 0.368 e. The molecule has 2 aromatic rings. The second kappa shape index (κ2) is 8.04. The van der Waals surface area contributed by atoms with Crippen LogP contribution in [-0.4, -0.2) is 36.1 Å². The normalized spacial score (nSPS) is 16.4. The molecule has 33 heavy (non-hydrogen) atoms. The van der Waals surface area contributed by atoms with Crippen LogP contribution >= 0.6 is 0 Å². The minimum atomic E-state index is -5.70. The predicted octanol–water partition coefficient (Wildman–Crippen LogP) is 3.76. The zero-order valence-corrected chi connectivity index (χ0v) is 18.1. The van der Waals surface area contributed by atoms with E-state index in [0.717, 1.165) is 31.4 Å². The van der Waals surface area contributed by atoms with Gasteiger partial charge < -0.3 is 9.47 Å². The summed E-state index contributed by atoms with van der Waals surface area (Å²) in [4.78, 5) is 5.95. The Morgan fingerprint density at radius 3 is 2.52 bits per heavy atom. The molecular weight excluding hydrogens is 461 g/mol. The second-order valence-corrected chi connectivity index (χ2v) is 9.34. The number of aryl methyl sites for hydroxylation is 1. The molecule has 0 bridgehead atoms. The highest BCUT2D eigenvalue weighted by Crippen LogP contribution is 2.43. The van der Waals surface area contributed by atoms with Crippen LogP contribution in [0, 0.1) is 22.7 Å². The number of rotatable bonds is 5. The van der Waals surface area contributed by atoms with Crippen LogP contribution in [0.15, 0.2) is 22.4 Å². The van der Waals surface area contributed by atoms with Gasteiger partial charge in [0, 0.05) is 25.3 Å². The van der Waals surface area contributed by atoms with Crippen LogP contribution in [0.5, 0.6) is 0 Å². The Balaban J connectivity index is 1.80. The van der Waals surface area contributed by atoms with Crippen LogP contribution in [-0.2, 0) is 23.5 Å². The molecule has 1 aromatic carbocycles. The van der Waals surface area contributed by atoms with E-state index in [-0.39, 0.29) is 34.8 Å². The largest absolute Gasteiger partial charge is 0.516 e. The molecular formula is C19H17F3N8O2S. The van der Waals surface area contributed by atoms with Gasteiger partial charge in [0.05, 0.1) is 5.69 Å². The average Bonchev–Trinajstić information content (AvgIpc) is 3.54. The molecule has 2 aliphatic rings. The number of nitriles is 2. The number of imidazole rings is 1. The lowest BCUT2D eigenvalue weighted by molar-refractivity contribution is -0.0429. The number of sulfonamides is 1. The first kappa shape index (κ1) is 22.5. The van der Waals surface area contributed by atoms with Crippen molar-refractivity contribution in [3.63, 3.8) is 0 Å². The number of hydrogen-bond donors (Lipinski definition) is 1. The zero-order chi connectivity index (χ0) is 24.0. The summed E-state index contributed by atoms with van der Waals surface area (Å²) in [7, 11) is -4.28. The molecule has 0 spiro atoms. The van der Waals surface area contributed by atoms with Crippen LogP contribution < -0.4 is 9.62 Å². The van der Waals surface area contributed by atoms with Crippen LogP contribution in [0.2, 0.25) is 0 Å². The first-order valence-electron chi connectivity index (χ1n) is 9.87. The Morgan fingerprint density at radius 2 is 1.94 bits per heavy atom. The first-order chi connectivity index (χ1) is 15.6. The van der Waals surface area contributed by atoms with E-state index < -0.39 is 15.5 Å². The number of hydrogen-bond acceptors (Lipinski definition) is 8. The highest BCUT2D eigenvalue weighted by Gasteiger charge is 2.46. The van der Waals surface area contributed by atoms with Crippen molar-refractivity contribution in [3.8, 4) is 12.1 Å². The van der Waals surface area contributed by atoms with Gasteiger partial charge in [-0.25, -0.2) is 0 Å². The molecule has 1 N–H and O–H groups in total. The average molecular weight is 478 g/mol. The van der Waals surface area contributed by atoms with E-state index in [9.17, 15) is 21.6 Å². The summed E-state index contributed by atoms with van der Waals surface area (Å²) in [5.41, 5.74) is -4.80. The molecule has 1 fully saturated rings. The van der Waals surface area contributed by atoms with E-state index in [1.54, 1.807) is 10.8 Å². The third-order valence-corrected chi connectivity index (χ3v) is 6.52. The molecule has 1 aromatic heterocycles. The number of aromatic nitrogens is 2. The van der Waals surface area contributed by atoms with Crippen LogP contribution in [0.1, 0.15) is 36.2 Å². The van der Waals surface area contributed by atoms with Crippen LogP contribution in [0.3, 0.4) is 0 Å². The molecule has 14 heteroatoms. The Bertz CT molecular complexity index is 1330. The van der Waals surface area contributed by atoms with Crippen molar-refractivity contribution in [3.05, 3.63) is 29.1 Å². The minimum Gasteiger partial charge on any atom is -0.368 e. The fraction of sp³-hybridized carbons (Fsp3) is 0.421. The monoisotopic (exact) mass is 478 g/mol. The van der Waals surface area contributed by atoms with Gasteiger partial charge in [0.15, 0.2) is 11.4 Å². The van der Waals surface area contributed by atoms with Gasteiger partial charge in [-0.1, -0.05) is 0 Å². The summed E-state index contributed by atoms with van der Waals surface area (Å²) >= 11 is 0. The maximum absolute atomic E-state index is 13.0. The standard InChI is InChI=1S/C19H17F3N8O2S/c1-29-17(10-24)15(9-23)25-18(29)27-26-13-7-11-3-2-6-30(12-4-5-12)16(11)8-14(13)28-33(31,32)19(20,21)22/h7-8,12,28H,2-6H2,1H3. The topological polar surface area (TPSA) is 140 Å². The molecule has 0 amide bonds. The minimum absolute atomic E-state index is 0.0602. The quantitative estimate of drug-likeness (QED) is 0.649. The summed E-state index contributed by atoms with van der Waals surface area (Å²) in [6.07, 6.45) is 3.41. The Morgan fingerprint density at radius 1 is 1.21 bits per heavy atom. The first-order valence-corrected chi connectivity index (χ1v) is 11.4. The van der Waals surface area contributed by atoms with Gasteiger partial charge >= 0.3 is 15.5 Å². The zero-order valence-electron chi connectivity index (χ0n) is 17.3. The molecule has 10 nitrogen and oxygen atoms in total. The maximum Gasteiger partial charge on any atom is 0.516 e.